The van der Waals surface area contributed by atoms with Crippen LogP contribution < -0.4 is 11.1 Å². The van der Waals surface area contributed by atoms with Crippen molar-refractivity contribution in [2.24, 2.45) is 5.73 Å². The van der Waals surface area contributed by atoms with Gasteiger partial charge < -0.3 is 11.1 Å². The molecule has 2 aromatic carbocycles. The first-order chi connectivity index (χ1) is 8.99. The molecule has 0 amide bonds. The average Bonchev–Trinajstić information content (AvgIpc) is 2.36. The summed E-state index contributed by atoms with van der Waals surface area (Å²) in [6, 6.07) is 10.6. The molecule has 0 aliphatic heterocycles. The molecule has 0 heterocycles. The lowest BCUT2D eigenvalue weighted by atomic mass is 10.1. The minimum absolute atomic E-state index is 0.305. The topological polar surface area (TPSA) is 38.0 Å². The van der Waals surface area contributed by atoms with E-state index in [1.165, 1.54) is 0 Å². The van der Waals surface area contributed by atoms with Gasteiger partial charge in [-0.3, -0.25) is 0 Å². The van der Waals surface area contributed by atoms with Gasteiger partial charge in [-0.25, -0.2) is 0 Å². The molecule has 19 heavy (non-hydrogen) atoms. The smallest absolute Gasteiger partial charge is 0.106 e. The van der Waals surface area contributed by atoms with Gasteiger partial charge in [-0.2, -0.15) is 0 Å². The van der Waals surface area contributed by atoms with Crippen LogP contribution >= 0.6 is 47.0 Å². The normalized spacial score (nSPS) is 10.3. The summed E-state index contributed by atoms with van der Waals surface area (Å²) >= 11 is 23.0. The zero-order valence-electron chi connectivity index (χ0n) is 9.58. The molecule has 98 valence electrons. The zero-order chi connectivity index (χ0) is 14.0. The highest BCUT2D eigenvalue weighted by Gasteiger charge is 2.09. The summed E-state index contributed by atoms with van der Waals surface area (Å²) in [6.45, 7) is 0. The van der Waals surface area contributed by atoms with Crippen molar-refractivity contribution >= 4 is 63.4 Å². The van der Waals surface area contributed by atoms with Crippen molar-refractivity contribution in [3.63, 3.8) is 0 Å². The number of nitrogens with two attached hydrogens (primary N) is 1. The van der Waals surface area contributed by atoms with E-state index in [0.717, 1.165) is 11.3 Å². The molecule has 0 bridgehead atoms. The Balaban J connectivity index is 2.42. The van der Waals surface area contributed by atoms with Gasteiger partial charge in [0.15, 0.2) is 0 Å². The van der Waals surface area contributed by atoms with Crippen molar-refractivity contribution in [1.29, 1.82) is 0 Å². The number of hydrogen-bond acceptors (Lipinski definition) is 2. The van der Waals surface area contributed by atoms with Crippen LogP contribution in [0.5, 0.6) is 0 Å². The van der Waals surface area contributed by atoms with Gasteiger partial charge in [0, 0.05) is 11.3 Å². The summed E-state index contributed by atoms with van der Waals surface area (Å²) in [4.78, 5) is 0.305. The third-order valence-corrected chi connectivity index (χ3v) is 3.73. The fraction of sp³-hybridized carbons (Fsp3) is 0. The van der Waals surface area contributed by atoms with E-state index >= 15 is 0 Å². The predicted octanol–water partition coefficient (Wildman–Crippen LogP) is 5.02. The van der Waals surface area contributed by atoms with Gasteiger partial charge in [-0.15, -0.1) is 0 Å². The van der Waals surface area contributed by atoms with E-state index in [1.807, 2.05) is 24.3 Å². The number of anilines is 2. The Bertz CT molecular complexity index is 644. The maximum atomic E-state index is 6.11. The molecule has 0 saturated carbocycles. The highest BCUT2D eigenvalue weighted by molar-refractivity contribution is 7.80. The zero-order valence-corrected chi connectivity index (χ0v) is 12.7. The second-order valence-corrected chi connectivity index (χ2v) is 5.44. The molecule has 6 heteroatoms. The summed E-state index contributed by atoms with van der Waals surface area (Å²) in [6.07, 6.45) is 0. The minimum atomic E-state index is 0.305. The largest absolute Gasteiger partial charge is 0.389 e. The van der Waals surface area contributed by atoms with Gasteiger partial charge in [0.05, 0.1) is 20.8 Å². The van der Waals surface area contributed by atoms with Crippen LogP contribution in [-0.2, 0) is 0 Å². The van der Waals surface area contributed by atoms with Crippen molar-refractivity contribution < 1.29 is 0 Å². The average molecular weight is 332 g/mol. The Morgan fingerprint density at radius 1 is 0.947 bits per heavy atom. The summed E-state index contributed by atoms with van der Waals surface area (Å²) in [5.74, 6) is 0. The van der Waals surface area contributed by atoms with E-state index in [0.29, 0.717) is 25.7 Å². The van der Waals surface area contributed by atoms with Crippen LogP contribution in [0.25, 0.3) is 0 Å². The maximum Gasteiger partial charge on any atom is 0.106 e. The van der Waals surface area contributed by atoms with Gasteiger partial charge in [0.1, 0.15) is 4.99 Å². The molecule has 0 unspecified atom stereocenters. The predicted molar refractivity (Wildman–Crippen MR) is 87.1 cm³/mol. The number of nitrogens with one attached hydrogen (secondary N) is 1. The molecule has 0 aliphatic rings. The van der Waals surface area contributed by atoms with Crippen molar-refractivity contribution in [3.05, 3.63) is 57.0 Å². The molecule has 2 rings (SSSR count). The first kappa shape index (κ1) is 14.4. The quantitative estimate of drug-likeness (QED) is 0.612. The van der Waals surface area contributed by atoms with E-state index in [1.54, 1.807) is 12.1 Å². The first-order valence-electron chi connectivity index (χ1n) is 5.29. The van der Waals surface area contributed by atoms with Crippen molar-refractivity contribution in [1.82, 2.24) is 0 Å². The van der Waals surface area contributed by atoms with E-state index in [9.17, 15) is 0 Å². The lowest BCUT2D eigenvalue weighted by molar-refractivity contribution is 1.52. The molecule has 0 saturated heterocycles. The molecule has 0 spiro atoms. The van der Waals surface area contributed by atoms with Crippen molar-refractivity contribution in [2.45, 2.75) is 0 Å². The Labute approximate surface area is 131 Å². The summed E-state index contributed by atoms with van der Waals surface area (Å²) in [5.41, 5.74) is 7.81. The second kappa shape index (κ2) is 5.97. The third-order valence-electron chi connectivity index (χ3n) is 2.47. The Morgan fingerprint density at radius 3 is 2.26 bits per heavy atom. The van der Waals surface area contributed by atoms with Crippen molar-refractivity contribution in [2.75, 3.05) is 5.32 Å². The number of thiocarbonyl (C=S) groups is 1. The summed E-state index contributed by atoms with van der Waals surface area (Å²) in [7, 11) is 0. The van der Waals surface area contributed by atoms with Crippen LogP contribution in [0.3, 0.4) is 0 Å². The Kier molecular flexibility index (Phi) is 4.53. The van der Waals surface area contributed by atoms with Gasteiger partial charge >= 0.3 is 0 Å². The Morgan fingerprint density at radius 2 is 1.58 bits per heavy atom. The van der Waals surface area contributed by atoms with Gasteiger partial charge in [-0.1, -0.05) is 59.2 Å². The molecular weight excluding hydrogens is 323 g/mol. The highest BCUT2D eigenvalue weighted by Crippen LogP contribution is 2.34. The van der Waals surface area contributed by atoms with Crippen molar-refractivity contribution in [3.8, 4) is 0 Å². The van der Waals surface area contributed by atoms with Gasteiger partial charge in [-0.05, 0) is 24.3 Å². The molecule has 3 N–H and O–H groups in total. The number of halogens is 3. The summed E-state index contributed by atoms with van der Waals surface area (Å²) in [5, 5.41) is 4.43. The van der Waals surface area contributed by atoms with Gasteiger partial charge in [0.2, 0.25) is 0 Å². The van der Waals surface area contributed by atoms with Gasteiger partial charge in [0.25, 0.3) is 0 Å². The van der Waals surface area contributed by atoms with E-state index in [4.69, 9.17) is 52.8 Å². The van der Waals surface area contributed by atoms with Crippen LogP contribution in [0, 0.1) is 0 Å². The number of hydrogen-bond donors (Lipinski definition) is 2. The fourth-order valence-electron chi connectivity index (χ4n) is 1.57. The minimum Gasteiger partial charge on any atom is -0.389 e. The molecule has 0 aliphatic carbocycles. The molecule has 0 atom stereocenters. The Hall–Kier alpha value is -1.000. The van der Waals surface area contributed by atoms with E-state index < -0.39 is 0 Å². The lowest BCUT2D eigenvalue weighted by Gasteiger charge is -2.13. The highest BCUT2D eigenvalue weighted by atomic mass is 35.5. The van der Waals surface area contributed by atoms with E-state index in [2.05, 4.69) is 5.32 Å². The second-order valence-electron chi connectivity index (χ2n) is 3.78. The lowest BCUT2D eigenvalue weighted by Crippen LogP contribution is -2.11. The first-order valence-corrected chi connectivity index (χ1v) is 6.83. The number of benzene rings is 2. The summed E-state index contributed by atoms with van der Waals surface area (Å²) < 4.78 is 0. The SMILES string of the molecule is NC(=S)c1ccccc1Nc1cc(Cl)c(Cl)cc1Cl. The monoisotopic (exact) mass is 330 g/mol. The molecule has 0 radical (unpaired) electrons. The molecule has 2 nitrogen and oxygen atoms in total. The van der Waals surface area contributed by atoms with Crippen LogP contribution in [0.4, 0.5) is 11.4 Å². The van der Waals surface area contributed by atoms with Crippen LogP contribution in [0.2, 0.25) is 15.1 Å². The molecular formula is C13H9Cl3N2S. The van der Waals surface area contributed by atoms with E-state index in [-0.39, 0.29) is 0 Å². The molecule has 0 aromatic heterocycles. The van der Waals surface area contributed by atoms with Crippen LogP contribution in [0.1, 0.15) is 5.56 Å². The third kappa shape index (κ3) is 3.31. The van der Waals surface area contributed by atoms with Crippen LogP contribution in [-0.4, -0.2) is 4.99 Å². The fourth-order valence-corrected chi connectivity index (χ4v) is 2.34. The number of para-hydroxylation sites is 1. The number of rotatable bonds is 3. The molecule has 0 fully saturated rings. The maximum absolute atomic E-state index is 6.11. The molecule has 2 aromatic rings. The van der Waals surface area contributed by atoms with Crippen LogP contribution in [0.15, 0.2) is 36.4 Å². The standard InChI is InChI=1S/C13H9Cl3N2S/c14-8-5-10(16)12(6-9(8)15)18-11-4-2-1-3-7(11)13(17)19/h1-6,18H,(H2,17,19).